The topological polar surface area (TPSA) is 75.6 Å². The monoisotopic (exact) mass is 283 g/mol. The molecule has 1 aromatic rings. The summed E-state index contributed by atoms with van der Waals surface area (Å²) in [6.45, 7) is 1.72. The lowest BCUT2D eigenvalue weighted by atomic mass is 10.2. The maximum atomic E-state index is 11.6. The number of carboxylic acids is 1. The molecule has 6 heteroatoms. The van der Waals surface area contributed by atoms with Gasteiger partial charge in [-0.15, -0.1) is 11.8 Å². The fourth-order valence-corrected chi connectivity index (χ4v) is 2.17. The number of carbonyl (C=O) groups excluding carboxylic acids is 1. The average Bonchev–Trinajstić information content (AvgIpc) is 2.42. The standard InChI is InChI=1S/C13H17NO4S/c1-3-11(13(16)17)14-12(15)8-19-10-6-4-5-9(7-10)18-2/h4-7,11H,3,8H2,1-2H3,(H,14,15)(H,16,17). The van der Waals surface area contributed by atoms with E-state index in [-0.39, 0.29) is 11.7 Å². The second-order valence-electron chi connectivity index (χ2n) is 3.83. The van der Waals surface area contributed by atoms with E-state index in [1.807, 2.05) is 24.3 Å². The van der Waals surface area contributed by atoms with Gasteiger partial charge in [0.15, 0.2) is 0 Å². The molecule has 0 radical (unpaired) electrons. The summed E-state index contributed by atoms with van der Waals surface area (Å²) in [6.07, 6.45) is 0.366. The number of hydrogen-bond acceptors (Lipinski definition) is 4. The fraction of sp³-hybridized carbons (Fsp3) is 0.385. The number of aliphatic carboxylic acids is 1. The van der Waals surface area contributed by atoms with E-state index in [1.54, 1.807) is 14.0 Å². The second-order valence-corrected chi connectivity index (χ2v) is 4.88. The van der Waals surface area contributed by atoms with Gasteiger partial charge in [0.2, 0.25) is 5.91 Å². The first-order valence-electron chi connectivity index (χ1n) is 5.85. The largest absolute Gasteiger partial charge is 0.497 e. The summed E-state index contributed by atoms with van der Waals surface area (Å²) in [5.74, 6) is -0.400. The highest BCUT2D eigenvalue weighted by atomic mass is 32.2. The molecule has 0 spiro atoms. The third kappa shape index (κ3) is 5.21. The van der Waals surface area contributed by atoms with E-state index in [1.165, 1.54) is 11.8 Å². The summed E-state index contributed by atoms with van der Waals surface area (Å²) in [6, 6.07) is 6.53. The van der Waals surface area contributed by atoms with Crippen LogP contribution in [0, 0.1) is 0 Å². The minimum absolute atomic E-state index is 0.178. The number of rotatable bonds is 7. The molecule has 1 aromatic carbocycles. The van der Waals surface area contributed by atoms with E-state index in [0.29, 0.717) is 6.42 Å². The van der Waals surface area contributed by atoms with Crippen molar-refractivity contribution >= 4 is 23.6 Å². The molecule has 1 unspecified atom stereocenters. The van der Waals surface area contributed by atoms with Crippen molar-refractivity contribution in [2.45, 2.75) is 24.3 Å². The Bertz CT molecular complexity index is 450. The predicted octanol–water partition coefficient (Wildman–Crippen LogP) is 1.77. The Labute approximate surface area is 116 Å². The molecule has 104 valence electrons. The highest BCUT2D eigenvalue weighted by molar-refractivity contribution is 8.00. The molecule has 0 saturated carbocycles. The summed E-state index contributed by atoms with van der Waals surface area (Å²) < 4.78 is 5.08. The lowest BCUT2D eigenvalue weighted by Crippen LogP contribution is -2.41. The zero-order valence-electron chi connectivity index (χ0n) is 10.9. The van der Waals surface area contributed by atoms with Gasteiger partial charge < -0.3 is 15.2 Å². The minimum Gasteiger partial charge on any atom is -0.497 e. The van der Waals surface area contributed by atoms with Crippen molar-refractivity contribution < 1.29 is 19.4 Å². The van der Waals surface area contributed by atoms with Crippen molar-refractivity contribution in [1.29, 1.82) is 0 Å². The Balaban J connectivity index is 2.47. The van der Waals surface area contributed by atoms with Gasteiger partial charge in [-0.2, -0.15) is 0 Å². The number of hydrogen-bond donors (Lipinski definition) is 2. The van der Waals surface area contributed by atoms with Crippen LogP contribution in [0.4, 0.5) is 0 Å². The van der Waals surface area contributed by atoms with Crippen LogP contribution in [-0.4, -0.2) is 35.9 Å². The number of thioether (sulfide) groups is 1. The van der Waals surface area contributed by atoms with E-state index in [9.17, 15) is 9.59 Å². The van der Waals surface area contributed by atoms with Crippen molar-refractivity contribution in [3.63, 3.8) is 0 Å². The van der Waals surface area contributed by atoms with E-state index >= 15 is 0 Å². The van der Waals surface area contributed by atoms with Gasteiger partial charge in [0.25, 0.3) is 0 Å². The van der Waals surface area contributed by atoms with Crippen LogP contribution in [0.3, 0.4) is 0 Å². The van der Waals surface area contributed by atoms with Gasteiger partial charge in [-0.05, 0) is 24.6 Å². The predicted molar refractivity (Wildman–Crippen MR) is 73.6 cm³/mol. The Kier molecular flexibility index (Phi) is 6.21. The van der Waals surface area contributed by atoms with Gasteiger partial charge in [0.1, 0.15) is 11.8 Å². The zero-order valence-corrected chi connectivity index (χ0v) is 11.7. The maximum Gasteiger partial charge on any atom is 0.326 e. The van der Waals surface area contributed by atoms with Crippen molar-refractivity contribution in [2.24, 2.45) is 0 Å². The Morgan fingerprint density at radius 3 is 2.79 bits per heavy atom. The molecule has 0 aromatic heterocycles. The summed E-state index contributed by atoms with van der Waals surface area (Å²) in [4.78, 5) is 23.3. The third-order valence-corrected chi connectivity index (χ3v) is 3.45. The van der Waals surface area contributed by atoms with Crippen LogP contribution in [0.25, 0.3) is 0 Å². The minimum atomic E-state index is -1.01. The molecule has 0 aliphatic carbocycles. The SMILES string of the molecule is CCC(NC(=O)CSc1cccc(OC)c1)C(=O)O. The van der Waals surface area contributed by atoms with E-state index in [0.717, 1.165) is 10.6 Å². The molecule has 0 saturated heterocycles. The van der Waals surface area contributed by atoms with Gasteiger partial charge >= 0.3 is 5.97 Å². The number of carboxylic acid groups (broad SMARTS) is 1. The van der Waals surface area contributed by atoms with Crippen LogP contribution in [0.2, 0.25) is 0 Å². The first-order chi connectivity index (χ1) is 9.06. The molecule has 2 N–H and O–H groups in total. The highest BCUT2D eigenvalue weighted by Gasteiger charge is 2.17. The Hall–Kier alpha value is -1.69. The van der Waals surface area contributed by atoms with Gasteiger partial charge in [-0.25, -0.2) is 4.79 Å². The van der Waals surface area contributed by atoms with Crippen LogP contribution in [-0.2, 0) is 9.59 Å². The smallest absolute Gasteiger partial charge is 0.326 e. The summed E-state index contributed by atoms with van der Waals surface area (Å²) in [7, 11) is 1.58. The van der Waals surface area contributed by atoms with E-state index in [4.69, 9.17) is 9.84 Å². The molecule has 1 amide bonds. The molecule has 0 aliphatic rings. The Morgan fingerprint density at radius 1 is 1.47 bits per heavy atom. The number of carbonyl (C=O) groups is 2. The Morgan fingerprint density at radius 2 is 2.21 bits per heavy atom. The molecule has 0 fully saturated rings. The molecule has 19 heavy (non-hydrogen) atoms. The summed E-state index contributed by atoms with van der Waals surface area (Å²) >= 11 is 1.34. The van der Waals surface area contributed by atoms with E-state index in [2.05, 4.69) is 5.32 Å². The highest BCUT2D eigenvalue weighted by Crippen LogP contribution is 2.22. The van der Waals surface area contributed by atoms with Gasteiger partial charge in [0, 0.05) is 4.90 Å². The molecule has 5 nitrogen and oxygen atoms in total. The number of amides is 1. The molecular weight excluding hydrogens is 266 g/mol. The maximum absolute atomic E-state index is 11.6. The number of methoxy groups -OCH3 is 1. The molecule has 0 heterocycles. The van der Waals surface area contributed by atoms with Crippen molar-refractivity contribution in [3.05, 3.63) is 24.3 Å². The molecule has 0 aliphatic heterocycles. The normalized spacial score (nSPS) is 11.7. The van der Waals surface area contributed by atoms with Crippen molar-refractivity contribution in [3.8, 4) is 5.75 Å². The fourth-order valence-electron chi connectivity index (χ4n) is 1.41. The quantitative estimate of drug-likeness (QED) is 0.746. The van der Waals surface area contributed by atoms with Crippen LogP contribution in [0.15, 0.2) is 29.2 Å². The van der Waals surface area contributed by atoms with Crippen LogP contribution < -0.4 is 10.1 Å². The average molecular weight is 283 g/mol. The van der Waals surface area contributed by atoms with Gasteiger partial charge in [0.05, 0.1) is 12.9 Å². The van der Waals surface area contributed by atoms with Crippen molar-refractivity contribution in [1.82, 2.24) is 5.32 Å². The van der Waals surface area contributed by atoms with Gasteiger partial charge in [-0.3, -0.25) is 4.79 Å². The van der Waals surface area contributed by atoms with Crippen LogP contribution in [0.1, 0.15) is 13.3 Å². The zero-order chi connectivity index (χ0) is 14.3. The van der Waals surface area contributed by atoms with Crippen molar-refractivity contribution in [2.75, 3.05) is 12.9 Å². The molecule has 1 atom stereocenters. The van der Waals surface area contributed by atoms with Gasteiger partial charge in [-0.1, -0.05) is 13.0 Å². The first-order valence-corrected chi connectivity index (χ1v) is 6.84. The molecular formula is C13H17NO4S. The lowest BCUT2D eigenvalue weighted by molar-refractivity contribution is -0.141. The summed E-state index contributed by atoms with van der Waals surface area (Å²) in [5, 5.41) is 11.3. The van der Waals surface area contributed by atoms with Crippen LogP contribution >= 0.6 is 11.8 Å². The summed E-state index contributed by atoms with van der Waals surface area (Å²) in [5.41, 5.74) is 0. The number of nitrogens with one attached hydrogen (secondary N) is 1. The first kappa shape index (κ1) is 15.4. The van der Waals surface area contributed by atoms with E-state index < -0.39 is 12.0 Å². The third-order valence-electron chi connectivity index (χ3n) is 2.45. The second kappa shape index (κ2) is 7.68. The molecule has 1 rings (SSSR count). The molecule has 0 bridgehead atoms. The lowest BCUT2D eigenvalue weighted by Gasteiger charge is -2.12. The van der Waals surface area contributed by atoms with Crippen LogP contribution in [0.5, 0.6) is 5.75 Å². The number of benzene rings is 1. The number of ether oxygens (including phenoxy) is 1.